The molecule has 0 unspecified atom stereocenters. The van der Waals surface area contributed by atoms with Crippen LogP contribution in [0.3, 0.4) is 0 Å². The molecular formula is C13H15F2N3OS. The van der Waals surface area contributed by atoms with Crippen LogP contribution in [-0.4, -0.2) is 27.9 Å². The van der Waals surface area contributed by atoms with Crippen LogP contribution in [-0.2, 0) is 7.05 Å². The lowest BCUT2D eigenvalue weighted by molar-refractivity contribution is 0.0220. The third kappa shape index (κ3) is 3.41. The topological polar surface area (TPSA) is 46.9 Å². The van der Waals surface area contributed by atoms with Crippen molar-refractivity contribution in [3.63, 3.8) is 0 Å². The third-order valence-electron chi connectivity index (χ3n) is 2.71. The molecule has 0 atom stereocenters. The summed E-state index contributed by atoms with van der Waals surface area (Å²) in [6.07, 6.45) is 1.76. The molecule has 0 aromatic carbocycles. The van der Waals surface area contributed by atoms with E-state index >= 15 is 0 Å². The Morgan fingerprint density at radius 1 is 1.55 bits per heavy atom. The van der Waals surface area contributed by atoms with Gasteiger partial charge in [-0.3, -0.25) is 4.79 Å². The SMILES string of the molecule is Cc1nc(-c2cc(C(=O)NCC(C)(F)F)n(C)c2)cs1. The average Bonchev–Trinajstić information content (AvgIpc) is 2.91. The Balaban J connectivity index is 2.17. The molecule has 0 aliphatic carbocycles. The molecule has 4 nitrogen and oxygen atoms in total. The normalized spacial score (nSPS) is 11.7. The highest BCUT2D eigenvalue weighted by Gasteiger charge is 2.23. The van der Waals surface area contributed by atoms with E-state index in [0.29, 0.717) is 5.69 Å². The Bertz CT molecular complexity index is 628. The number of rotatable bonds is 4. The summed E-state index contributed by atoms with van der Waals surface area (Å²) >= 11 is 1.52. The van der Waals surface area contributed by atoms with Gasteiger partial charge in [-0.15, -0.1) is 11.3 Å². The fourth-order valence-electron chi connectivity index (χ4n) is 1.75. The van der Waals surface area contributed by atoms with Gasteiger partial charge in [-0.2, -0.15) is 0 Å². The van der Waals surface area contributed by atoms with Gasteiger partial charge in [0.1, 0.15) is 5.69 Å². The summed E-state index contributed by atoms with van der Waals surface area (Å²) in [6, 6.07) is 1.65. The number of thiazole rings is 1. The minimum Gasteiger partial charge on any atom is -0.346 e. The first kappa shape index (κ1) is 14.6. The Hall–Kier alpha value is -1.76. The number of hydrogen-bond acceptors (Lipinski definition) is 3. The maximum absolute atomic E-state index is 12.7. The molecule has 108 valence electrons. The fraction of sp³-hybridized carbons (Fsp3) is 0.385. The quantitative estimate of drug-likeness (QED) is 0.943. The number of carbonyl (C=O) groups is 1. The summed E-state index contributed by atoms with van der Waals surface area (Å²) in [5, 5.41) is 5.05. The summed E-state index contributed by atoms with van der Waals surface area (Å²) < 4.78 is 27.1. The minimum atomic E-state index is -2.92. The number of aromatic nitrogens is 2. The van der Waals surface area contributed by atoms with Crippen molar-refractivity contribution >= 4 is 17.2 Å². The zero-order chi connectivity index (χ0) is 14.9. The molecule has 0 radical (unpaired) electrons. The van der Waals surface area contributed by atoms with Crippen molar-refractivity contribution in [2.75, 3.05) is 6.54 Å². The second kappa shape index (κ2) is 5.32. The first-order valence-corrected chi connectivity index (χ1v) is 6.89. The van der Waals surface area contributed by atoms with Crippen molar-refractivity contribution in [2.24, 2.45) is 7.05 Å². The van der Waals surface area contributed by atoms with Gasteiger partial charge in [0.15, 0.2) is 0 Å². The Morgan fingerprint density at radius 3 is 2.80 bits per heavy atom. The van der Waals surface area contributed by atoms with E-state index in [1.165, 1.54) is 11.3 Å². The standard InChI is InChI=1S/C13H15F2N3OS/c1-8-17-10(6-20-8)9-4-11(18(3)5-9)12(19)16-7-13(2,14)15/h4-6H,7H2,1-3H3,(H,16,19). The summed E-state index contributed by atoms with van der Waals surface area (Å²) in [5.41, 5.74) is 1.91. The lowest BCUT2D eigenvalue weighted by Crippen LogP contribution is -2.35. The first-order chi connectivity index (χ1) is 9.26. The molecule has 7 heteroatoms. The molecule has 1 N–H and O–H groups in total. The van der Waals surface area contributed by atoms with E-state index in [4.69, 9.17) is 0 Å². The Morgan fingerprint density at radius 2 is 2.25 bits per heavy atom. The van der Waals surface area contributed by atoms with Gasteiger partial charge < -0.3 is 9.88 Å². The fourth-order valence-corrected chi connectivity index (χ4v) is 2.37. The lowest BCUT2D eigenvalue weighted by Gasteiger charge is -2.11. The molecule has 2 aromatic heterocycles. The Kier molecular flexibility index (Phi) is 3.89. The molecule has 0 aliphatic heterocycles. The zero-order valence-electron chi connectivity index (χ0n) is 11.4. The lowest BCUT2D eigenvalue weighted by atomic mass is 10.2. The average molecular weight is 299 g/mol. The molecule has 20 heavy (non-hydrogen) atoms. The van der Waals surface area contributed by atoms with Crippen molar-refractivity contribution in [2.45, 2.75) is 19.8 Å². The van der Waals surface area contributed by atoms with Crippen LogP contribution >= 0.6 is 11.3 Å². The van der Waals surface area contributed by atoms with Gasteiger partial charge in [0.25, 0.3) is 11.8 Å². The number of alkyl halides is 2. The van der Waals surface area contributed by atoms with Crippen molar-refractivity contribution in [3.8, 4) is 11.3 Å². The van der Waals surface area contributed by atoms with Crippen LogP contribution in [0.15, 0.2) is 17.6 Å². The number of carbonyl (C=O) groups excluding carboxylic acids is 1. The highest BCUT2D eigenvalue weighted by atomic mass is 32.1. The van der Waals surface area contributed by atoms with Crippen LogP contribution in [0, 0.1) is 6.92 Å². The molecule has 1 amide bonds. The maximum atomic E-state index is 12.7. The largest absolute Gasteiger partial charge is 0.346 e. The molecule has 0 saturated heterocycles. The van der Waals surface area contributed by atoms with Crippen molar-refractivity contribution < 1.29 is 13.6 Å². The predicted molar refractivity (Wildman–Crippen MR) is 74.2 cm³/mol. The second-order valence-electron chi connectivity index (χ2n) is 4.73. The molecule has 0 aliphatic rings. The summed E-state index contributed by atoms with van der Waals surface area (Å²) in [7, 11) is 1.70. The number of halogens is 2. The number of nitrogens with zero attached hydrogens (tertiary/aromatic N) is 2. The van der Waals surface area contributed by atoms with Gasteiger partial charge in [-0.1, -0.05) is 0 Å². The molecular weight excluding hydrogens is 284 g/mol. The predicted octanol–water partition coefficient (Wildman–Crippen LogP) is 2.84. The summed E-state index contributed by atoms with van der Waals surface area (Å²) in [6.45, 7) is 1.98. The Labute approximate surface area is 119 Å². The smallest absolute Gasteiger partial charge is 0.268 e. The molecule has 0 saturated carbocycles. The van der Waals surface area contributed by atoms with E-state index in [2.05, 4.69) is 10.3 Å². The molecule has 2 rings (SSSR count). The van der Waals surface area contributed by atoms with Crippen molar-refractivity contribution in [3.05, 3.63) is 28.3 Å². The molecule has 0 spiro atoms. The van der Waals surface area contributed by atoms with Gasteiger partial charge in [0, 0.05) is 31.1 Å². The van der Waals surface area contributed by atoms with Gasteiger partial charge >= 0.3 is 0 Å². The highest BCUT2D eigenvalue weighted by molar-refractivity contribution is 7.09. The monoisotopic (exact) mass is 299 g/mol. The molecule has 0 fully saturated rings. The number of aryl methyl sites for hydroxylation is 2. The van der Waals surface area contributed by atoms with Crippen LogP contribution in [0.4, 0.5) is 8.78 Å². The summed E-state index contributed by atoms with van der Waals surface area (Å²) in [4.78, 5) is 16.2. The van der Waals surface area contributed by atoms with Crippen LogP contribution in [0.5, 0.6) is 0 Å². The highest BCUT2D eigenvalue weighted by Crippen LogP contribution is 2.23. The van der Waals surface area contributed by atoms with E-state index in [1.54, 1.807) is 23.9 Å². The van der Waals surface area contributed by atoms with Crippen LogP contribution in [0.1, 0.15) is 22.4 Å². The van der Waals surface area contributed by atoms with Gasteiger partial charge in [-0.05, 0) is 13.0 Å². The molecule has 0 bridgehead atoms. The maximum Gasteiger partial charge on any atom is 0.268 e. The van der Waals surface area contributed by atoms with E-state index < -0.39 is 18.4 Å². The van der Waals surface area contributed by atoms with E-state index in [-0.39, 0.29) is 0 Å². The van der Waals surface area contributed by atoms with E-state index in [0.717, 1.165) is 23.2 Å². The van der Waals surface area contributed by atoms with E-state index in [1.807, 2.05) is 12.3 Å². The molecule has 2 aromatic rings. The van der Waals surface area contributed by atoms with Crippen molar-refractivity contribution in [1.29, 1.82) is 0 Å². The van der Waals surface area contributed by atoms with Gasteiger partial charge in [0.2, 0.25) is 0 Å². The minimum absolute atomic E-state index is 0.329. The molecule has 2 heterocycles. The summed E-state index contributed by atoms with van der Waals surface area (Å²) in [5.74, 6) is -3.44. The van der Waals surface area contributed by atoms with Gasteiger partial charge in [-0.25, -0.2) is 13.8 Å². The number of nitrogens with one attached hydrogen (secondary N) is 1. The number of amides is 1. The number of hydrogen-bond donors (Lipinski definition) is 1. The first-order valence-electron chi connectivity index (χ1n) is 6.01. The van der Waals surface area contributed by atoms with Crippen LogP contribution < -0.4 is 5.32 Å². The van der Waals surface area contributed by atoms with Crippen molar-refractivity contribution in [1.82, 2.24) is 14.9 Å². The van der Waals surface area contributed by atoms with Crippen LogP contribution in [0.25, 0.3) is 11.3 Å². The van der Waals surface area contributed by atoms with Gasteiger partial charge in [0.05, 0.1) is 17.2 Å². The second-order valence-corrected chi connectivity index (χ2v) is 5.79. The third-order valence-corrected chi connectivity index (χ3v) is 3.49. The zero-order valence-corrected chi connectivity index (χ0v) is 12.2. The van der Waals surface area contributed by atoms with Crippen LogP contribution in [0.2, 0.25) is 0 Å². The van der Waals surface area contributed by atoms with E-state index in [9.17, 15) is 13.6 Å².